The van der Waals surface area contributed by atoms with Gasteiger partial charge in [0.05, 0.1) is 18.5 Å². The van der Waals surface area contributed by atoms with Crippen LogP contribution in [0.15, 0.2) is 24.8 Å². The van der Waals surface area contributed by atoms with Crippen molar-refractivity contribution in [2.75, 3.05) is 5.32 Å². The van der Waals surface area contributed by atoms with Crippen molar-refractivity contribution in [2.45, 2.75) is 50.3 Å². The smallest absolute Gasteiger partial charge is 0.146 e. The van der Waals surface area contributed by atoms with Crippen LogP contribution < -0.4 is 5.32 Å². The molecule has 0 saturated heterocycles. The summed E-state index contributed by atoms with van der Waals surface area (Å²) in [6.45, 7) is 0.857. The molecular weight excluding hydrogens is 304 g/mol. The van der Waals surface area contributed by atoms with Crippen molar-refractivity contribution < 1.29 is 5.11 Å². The molecule has 124 valence electrons. The average Bonchev–Trinajstić information content (AvgIpc) is 3.22. The van der Waals surface area contributed by atoms with Crippen LogP contribution in [0.25, 0.3) is 0 Å². The van der Waals surface area contributed by atoms with E-state index in [9.17, 15) is 5.11 Å². The summed E-state index contributed by atoms with van der Waals surface area (Å²) >= 11 is 0. The van der Waals surface area contributed by atoms with E-state index in [0.717, 1.165) is 38.1 Å². The molecule has 0 aromatic carbocycles. The summed E-state index contributed by atoms with van der Waals surface area (Å²) in [5, 5.41) is 22.9. The first kappa shape index (κ1) is 15.1. The standard InChI is InChI=1S/C17H20N6O/c18-8-13-7-16(22-17(20-13)12-1-2-12)21-14-5-11(6-15(14)24)9-23-4-3-19-10-23/h3-4,7,10-12,14-15,24H,1-2,5-6,9H2,(H,20,21,22)/t11?,14-,15-/m1/s1. The summed E-state index contributed by atoms with van der Waals surface area (Å²) < 4.78 is 2.05. The quantitative estimate of drug-likeness (QED) is 0.868. The minimum absolute atomic E-state index is 0.0491. The number of aliphatic hydroxyl groups excluding tert-OH is 1. The van der Waals surface area contributed by atoms with Gasteiger partial charge in [-0.3, -0.25) is 0 Å². The number of anilines is 1. The predicted octanol–water partition coefficient (Wildman–Crippen LogP) is 1.67. The lowest BCUT2D eigenvalue weighted by molar-refractivity contribution is 0.166. The van der Waals surface area contributed by atoms with Crippen LogP contribution in [-0.4, -0.2) is 36.8 Å². The lowest BCUT2D eigenvalue weighted by Crippen LogP contribution is -2.28. The number of hydrogen-bond donors (Lipinski definition) is 2. The van der Waals surface area contributed by atoms with E-state index in [-0.39, 0.29) is 6.04 Å². The van der Waals surface area contributed by atoms with Crippen LogP contribution >= 0.6 is 0 Å². The minimum atomic E-state index is -0.414. The fourth-order valence-electron chi connectivity index (χ4n) is 3.43. The molecule has 2 heterocycles. The number of hydrogen-bond acceptors (Lipinski definition) is 6. The molecule has 1 unspecified atom stereocenters. The molecule has 0 aliphatic heterocycles. The van der Waals surface area contributed by atoms with Gasteiger partial charge in [0.25, 0.3) is 0 Å². The number of aromatic nitrogens is 4. The Bertz CT molecular complexity index is 749. The first-order chi connectivity index (χ1) is 11.7. The molecule has 7 nitrogen and oxygen atoms in total. The molecule has 0 spiro atoms. The van der Waals surface area contributed by atoms with E-state index in [1.54, 1.807) is 18.6 Å². The van der Waals surface area contributed by atoms with Gasteiger partial charge < -0.3 is 15.0 Å². The van der Waals surface area contributed by atoms with E-state index in [0.29, 0.717) is 23.3 Å². The van der Waals surface area contributed by atoms with Crippen molar-refractivity contribution in [1.29, 1.82) is 5.26 Å². The van der Waals surface area contributed by atoms with Crippen molar-refractivity contribution in [2.24, 2.45) is 5.92 Å². The third-order valence-corrected chi connectivity index (χ3v) is 4.79. The topological polar surface area (TPSA) is 99.7 Å². The highest BCUT2D eigenvalue weighted by Gasteiger charge is 2.34. The van der Waals surface area contributed by atoms with Gasteiger partial charge in [0, 0.05) is 30.9 Å². The predicted molar refractivity (Wildman–Crippen MR) is 87.1 cm³/mol. The van der Waals surface area contributed by atoms with Gasteiger partial charge in [0.1, 0.15) is 23.4 Å². The summed E-state index contributed by atoms with van der Waals surface area (Å²) in [4.78, 5) is 12.9. The van der Waals surface area contributed by atoms with Crippen molar-refractivity contribution in [1.82, 2.24) is 19.5 Å². The van der Waals surface area contributed by atoms with Gasteiger partial charge in [-0.25, -0.2) is 15.0 Å². The van der Waals surface area contributed by atoms with Crippen molar-refractivity contribution >= 4 is 5.82 Å². The van der Waals surface area contributed by atoms with Crippen LogP contribution in [0.2, 0.25) is 0 Å². The molecule has 0 bridgehead atoms. The van der Waals surface area contributed by atoms with Crippen LogP contribution in [0, 0.1) is 17.2 Å². The van der Waals surface area contributed by atoms with Gasteiger partial charge >= 0.3 is 0 Å². The molecule has 7 heteroatoms. The highest BCUT2D eigenvalue weighted by Crippen LogP contribution is 2.38. The molecule has 2 aliphatic carbocycles. The summed E-state index contributed by atoms with van der Waals surface area (Å²) in [5.74, 6) is 2.18. The summed E-state index contributed by atoms with van der Waals surface area (Å²) in [6.07, 6.45) is 8.90. The lowest BCUT2D eigenvalue weighted by Gasteiger charge is -2.17. The van der Waals surface area contributed by atoms with Crippen molar-refractivity contribution in [3.8, 4) is 6.07 Å². The number of nitrogens with zero attached hydrogens (tertiary/aromatic N) is 5. The van der Waals surface area contributed by atoms with Crippen molar-refractivity contribution in [3.05, 3.63) is 36.3 Å². The molecule has 2 saturated carbocycles. The Morgan fingerprint density at radius 2 is 2.21 bits per heavy atom. The molecular formula is C17H20N6O. The van der Waals surface area contributed by atoms with Crippen LogP contribution in [0.1, 0.15) is 43.1 Å². The van der Waals surface area contributed by atoms with Gasteiger partial charge in [-0.2, -0.15) is 5.26 Å². The Balaban J connectivity index is 1.45. The number of rotatable bonds is 5. The van der Waals surface area contributed by atoms with E-state index in [4.69, 9.17) is 5.26 Å². The minimum Gasteiger partial charge on any atom is -0.391 e. The van der Waals surface area contributed by atoms with E-state index >= 15 is 0 Å². The maximum absolute atomic E-state index is 10.4. The number of nitrogens with one attached hydrogen (secondary N) is 1. The van der Waals surface area contributed by atoms with Gasteiger partial charge in [-0.15, -0.1) is 0 Å². The summed E-state index contributed by atoms with van der Waals surface area (Å²) in [6, 6.07) is 3.72. The van der Waals surface area contributed by atoms with Gasteiger partial charge in [0.2, 0.25) is 0 Å². The number of imidazole rings is 1. The molecule has 2 N–H and O–H groups in total. The Hall–Kier alpha value is -2.46. The molecule has 4 rings (SSSR count). The highest BCUT2D eigenvalue weighted by molar-refractivity contribution is 5.42. The SMILES string of the molecule is N#Cc1cc(N[C@@H]2CC(Cn3ccnc3)C[C@H]2O)nc(C2CC2)n1. The fraction of sp³-hybridized carbons (Fsp3) is 0.529. The molecule has 2 aliphatic rings. The second-order valence-corrected chi connectivity index (χ2v) is 6.80. The van der Waals surface area contributed by atoms with Crippen LogP contribution in [-0.2, 0) is 6.54 Å². The fourth-order valence-corrected chi connectivity index (χ4v) is 3.43. The number of nitriles is 1. The molecule has 24 heavy (non-hydrogen) atoms. The van der Waals surface area contributed by atoms with E-state index in [1.807, 2.05) is 10.8 Å². The Kier molecular flexibility index (Phi) is 3.90. The second-order valence-electron chi connectivity index (χ2n) is 6.80. The first-order valence-corrected chi connectivity index (χ1v) is 8.40. The van der Waals surface area contributed by atoms with E-state index in [1.165, 1.54) is 0 Å². The molecule has 2 aromatic heterocycles. The largest absolute Gasteiger partial charge is 0.391 e. The molecule has 2 fully saturated rings. The zero-order valence-electron chi connectivity index (χ0n) is 13.3. The van der Waals surface area contributed by atoms with Crippen molar-refractivity contribution in [3.63, 3.8) is 0 Å². The Morgan fingerprint density at radius 1 is 1.33 bits per heavy atom. The molecule has 0 amide bonds. The normalized spacial score (nSPS) is 26.2. The first-order valence-electron chi connectivity index (χ1n) is 8.40. The van der Waals surface area contributed by atoms with Crippen LogP contribution in [0.3, 0.4) is 0 Å². The maximum atomic E-state index is 10.4. The summed E-state index contributed by atoms with van der Waals surface area (Å²) in [7, 11) is 0. The van der Waals surface area contributed by atoms with E-state index < -0.39 is 6.10 Å². The zero-order valence-corrected chi connectivity index (χ0v) is 13.3. The maximum Gasteiger partial charge on any atom is 0.146 e. The van der Waals surface area contributed by atoms with Gasteiger partial charge in [-0.05, 0) is 31.6 Å². The van der Waals surface area contributed by atoms with Crippen LogP contribution in [0.5, 0.6) is 0 Å². The Labute approximate surface area is 140 Å². The Morgan fingerprint density at radius 3 is 2.92 bits per heavy atom. The molecule has 0 radical (unpaired) electrons. The number of aliphatic hydroxyl groups is 1. The highest BCUT2D eigenvalue weighted by atomic mass is 16.3. The monoisotopic (exact) mass is 324 g/mol. The second kappa shape index (κ2) is 6.21. The molecule has 3 atom stereocenters. The third kappa shape index (κ3) is 3.24. The molecule has 2 aromatic rings. The third-order valence-electron chi connectivity index (χ3n) is 4.79. The zero-order chi connectivity index (χ0) is 16.5. The van der Waals surface area contributed by atoms with Crippen LogP contribution in [0.4, 0.5) is 5.82 Å². The summed E-state index contributed by atoms with van der Waals surface area (Å²) in [5.41, 5.74) is 0.386. The average molecular weight is 324 g/mol. The van der Waals surface area contributed by atoms with Gasteiger partial charge in [-0.1, -0.05) is 0 Å². The van der Waals surface area contributed by atoms with Gasteiger partial charge in [0.15, 0.2) is 0 Å². The lowest BCUT2D eigenvalue weighted by atomic mass is 10.1. The van der Waals surface area contributed by atoms with E-state index in [2.05, 4.69) is 26.3 Å².